The van der Waals surface area contributed by atoms with Crippen molar-refractivity contribution in [3.63, 3.8) is 0 Å². The lowest BCUT2D eigenvalue weighted by molar-refractivity contribution is -0.146. The van der Waals surface area contributed by atoms with Gasteiger partial charge >= 0.3 is 5.97 Å². The third kappa shape index (κ3) is 5.53. The number of aliphatic hydroxyl groups is 1. The molecule has 4 nitrogen and oxygen atoms in total. The van der Waals surface area contributed by atoms with Crippen LogP contribution < -0.4 is 0 Å². The molecular formula is C16H22O4. The lowest BCUT2D eigenvalue weighted by Gasteiger charge is -2.16. The van der Waals surface area contributed by atoms with Gasteiger partial charge in [-0.1, -0.05) is 44.2 Å². The fourth-order valence-corrected chi connectivity index (χ4v) is 1.86. The molecule has 0 fully saturated rings. The molecule has 20 heavy (non-hydrogen) atoms. The van der Waals surface area contributed by atoms with Crippen LogP contribution in [0.25, 0.3) is 0 Å². The summed E-state index contributed by atoms with van der Waals surface area (Å²) in [6, 6.07) is 9.41. The number of hydrogen-bond acceptors (Lipinski definition) is 4. The molecule has 0 spiro atoms. The topological polar surface area (TPSA) is 63.6 Å². The van der Waals surface area contributed by atoms with Crippen LogP contribution in [0.3, 0.4) is 0 Å². The van der Waals surface area contributed by atoms with Gasteiger partial charge < -0.3 is 9.84 Å². The second-order valence-corrected chi connectivity index (χ2v) is 4.86. The van der Waals surface area contributed by atoms with E-state index < -0.39 is 12.0 Å². The number of rotatable bonds is 8. The fourth-order valence-electron chi connectivity index (χ4n) is 1.86. The zero-order valence-electron chi connectivity index (χ0n) is 12.0. The number of ketones is 1. The molecule has 110 valence electrons. The van der Waals surface area contributed by atoms with E-state index in [1.165, 1.54) is 0 Å². The van der Waals surface area contributed by atoms with E-state index in [0.29, 0.717) is 6.42 Å². The van der Waals surface area contributed by atoms with E-state index in [0.717, 1.165) is 5.56 Å². The molecule has 0 aromatic heterocycles. The van der Waals surface area contributed by atoms with E-state index in [1.54, 1.807) is 13.8 Å². The van der Waals surface area contributed by atoms with Crippen molar-refractivity contribution in [3.8, 4) is 0 Å². The predicted molar refractivity (Wildman–Crippen MR) is 75.9 cm³/mol. The SMILES string of the molecule is CCC(=O)[C@@H](C)[C@H](O)CCC(=O)OCc1ccccc1. The van der Waals surface area contributed by atoms with Crippen LogP contribution in [-0.2, 0) is 20.9 Å². The second-order valence-electron chi connectivity index (χ2n) is 4.86. The Morgan fingerprint density at radius 1 is 1.25 bits per heavy atom. The van der Waals surface area contributed by atoms with Gasteiger partial charge in [0.1, 0.15) is 12.4 Å². The average Bonchev–Trinajstić information content (AvgIpc) is 2.49. The standard InChI is InChI=1S/C16H22O4/c1-3-14(17)12(2)15(18)9-10-16(19)20-11-13-7-5-4-6-8-13/h4-8,12,15,18H,3,9-11H2,1-2H3/t12-,15-/m1/s1. The third-order valence-electron chi connectivity index (χ3n) is 3.32. The Labute approximate surface area is 119 Å². The maximum absolute atomic E-state index is 11.6. The van der Waals surface area contributed by atoms with Gasteiger partial charge in [0.15, 0.2) is 0 Å². The molecule has 0 saturated heterocycles. The number of esters is 1. The van der Waals surface area contributed by atoms with Crippen LogP contribution in [0.4, 0.5) is 0 Å². The Bertz CT molecular complexity index is 427. The Hall–Kier alpha value is -1.68. The molecule has 0 heterocycles. The van der Waals surface area contributed by atoms with Crippen LogP contribution >= 0.6 is 0 Å². The largest absolute Gasteiger partial charge is 0.461 e. The minimum Gasteiger partial charge on any atom is -0.461 e. The first kappa shape index (κ1) is 16.4. The van der Waals surface area contributed by atoms with Crippen LogP contribution in [0.15, 0.2) is 30.3 Å². The van der Waals surface area contributed by atoms with Gasteiger partial charge in [-0.3, -0.25) is 9.59 Å². The van der Waals surface area contributed by atoms with Crippen molar-refractivity contribution in [1.29, 1.82) is 0 Å². The van der Waals surface area contributed by atoms with Crippen molar-refractivity contribution in [2.24, 2.45) is 5.92 Å². The molecule has 0 aliphatic carbocycles. The predicted octanol–water partition coefficient (Wildman–Crippen LogP) is 2.49. The summed E-state index contributed by atoms with van der Waals surface area (Å²) in [5, 5.41) is 9.82. The first-order valence-electron chi connectivity index (χ1n) is 6.95. The van der Waals surface area contributed by atoms with Crippen LogP contribution in [-0.4, -0.2) is 23.0 Å². The summed E-state index contributed by atoms with van der Waals surface area (Å²) in [7, 11) is 0. The Balaban J connectivity index is 2.28. The van der Waals surface area contributed by atoms with Crippen LogP contribution in [0.1, 0.15) is 38.7 Å². The number of carbonyl (C=O) groups excluding carboxylic acids is 2. The van der Waals surface area contributed by atoms with E-state index in [2.05, 4.69) is 0 Å². The van der Waals surface area contributed by atoms with Crippen molar-refractivity contribution < 1.29 is 19.4 Å². The number of ether oxygens (including phenoxy) is 1. The minimum atomic E-state index is -0.785. The molecule has 1 aromatic carbocycles. The highest BCUT2D eigenvalue weighted by molar-refractivity contribution is 5.81. The monoisotopic (exact) mass is 278 g/mol. The molecule has 4 heteroatoms. The molecule has 0 unspecified atom stereocenters. The second kappa shape index (κ2) is 8.48. The minimum absolute atomic E-state index is 0.00940. The van der Waals surface area contributed by atoms with Gasteiger partial charge in [-0.25, -0.2) is 0 Å². The van der Waals surface area contributed by atoms with Crippen molar-refractivity contribution in [2.75, 3.05) is 0 Å². The number of carbonyl (C=O) groups is 2. The summed E-state index contributed by atoms with van der Waals surface area (Å²) in [4.78, 5) is 23.0. The van der Waals surface area contributed by atoms with Crippen molar-refractivity contribution >= 4 is 11.8 Å². The van der Waals surface area contributed by atoms with Crippen molar-refractivity contribution in [1.82, 2.24) is 0 Å². The lowest BCUT2D eigenvalue weighted by atomic mass is 9.95. The highest BCUT2D eigenvalue weighted by atomic mass is 16.5. The summed E-state index contributed by atoms with van der Waals surface area (Å²) in [5.74, 6) is -0.777. The summed E-state index contributed by atoms with van der Waals surface area (Å²) in [6.07, 6.45) is -0.0151. The summed E-state index contributed by atoms with van der Waals surface area (Å²) in [5.41, 5.74) is 0.927. The van der Waals surface area contributed by atoms with Gasteiger partial charge in [-0.05, 0) is 12.0 Å². The van der Waals surface area contributed by atoms with E-state index in [4.69, 9.17) is 4.74 Å². The van der Waals surface area contributed by atoms with Gasteiger partial charge in [0.2, 0.25) is 0 Å². The van der Waals surface area contributed by atoms with Gasteiger partial charge in [0.05, 0.1) is 6.10 Å². The van der Waals surface area contributed by atoms with Crippen LogP contribution in [0.5, 0.6) is 0 Å². The first-order valence-corrected chi connectivity index (χ1v) is 6.95. The molecule has 1 N–H and O–H groups in total. The average molecular weight is 278 g/mol. The number of hydrogen-bond donors (Lipinski definition) is 1. The first-order chi connectivity index (χ1) is 9.54. The zero-order valence-corrected chi connectivity index (χ0v) is 12.0. The number of benzene rings is 1. The van der Waals surface area contributed by atoms with Gasteiger partial charge in [-0.15, -0.1) is 0 Å². The highest BCUT2D eigenvalue weighted by Crippen LogP contribution is 2.13. The molecular weight excluding hydrogens is 256 g/mol. The highest BCUT2D eigenvalue weighted by Gasteiger charge is 2.21. The molecule has 1 rings (SSSR count). The Morgan fingerprint density at radius 3 is 2.50 bits per heavy atom. The summed E-state index contributed by atoms with van der Waals surface area (Å²) < 4.78 is 5.11. The molecule has 0 bridgehead atoms. The van der Waals surface area contributed by atoms with E-state index >= 15 is 0 Å². The number of aliphatic hydroxyl groups excluding tert-OH is 1. The Morgan fingerprint density at radius 2 is 1.90 bits per heavy atom. The zero-order chi connectivity index (χ0) is 15.0. The van der Waals surface area contributed by atoms with E-state index in [-0.39, 0.29) is 31.2 Å². The quantitative estimate of drug-likeness (QED) is 0.742. The lowest BCUT2D eigenvalue weighted by Crippen LogP contribution is -2.26. The normalized spacial score (nSPS) is 13.6. The van der Waals surface area contributed by atoms with Crippen LogP contribution in [0, 0.1) is 5.92 Å². The van der Waals surface area contributed by atoms with Gasteiger partial charge in [-0.2, -0.15) is 0 Å². The smallest absolute Gasteiger partial charge is 0.306 e. The maximum Gasteiger partial charge on any atom is 0.306 e. The van der Waals surface area contributed by atoms with E-state index in [1.807, 2.05) is 30.3 Å². The molecule has 0 radical (unpaired) electrons. The number of Topliss-reactive ketones (excluding diaryl/α,β-unsaturated/α-hetero) is 1. The van der Waals surface area contributed by atoms with Crippen LogP contribution in [0.2, 0.25) is 0 Å². The Kier molecular flexibility index (Phi) is 6.94. The summed E-state index contributed by atoms with van der Waals surface area (Å²) in [6.45, 7) is 3.69. The van der Waals surface area contributed by atoms with Gasteiger partial charge in [0.25, 0.3) is 0 Å². The molecule has 0 saturated carbocycles. The molecule has 0 aliphatic heterocycles. The molecule has 2 atom stereocenters. The third-order valence-corrected chi connectivity index (χ3v) is 3.32. The summed E-state index contributed by atoms with van der Waals surface area (Å²) >= 11 is 0. The van der Waals surface area contributed by atoms with Gasteiger partial charge in [0, 0.05) is 18.8 Å². The van der Waals surface area contributed by atoms with Crippen molar-refractivity contribution in [2.45, 2.75) is 45.8 Å². The molecule has 1 aromatic rings. The molecule has 0 aliphatic rings. The molecule has 0 amide bonds. The maximum atomic E-state index is 11.6. The fraction of sp³-hybridized carbons (Fsp3) is 0.500. The van der Waals surface area contributed by atoms with Crippen molar-refractivity contribution in [3.05, 3.63) is 35.9 Å². The van der Waals surface area contributed by atoms with E-state index in [9.17, 15) is 14.7 Å².